The van der Waals surface area contributed by atoms with E-state index in [4.69, 9.17) is 9.84 Å². The average molecular weight is 572 g/mol. The van der Waals surface area contributed by atoms with Gasteiger partial charge in [-0.3, -0.25) is 10.1 Å². The van der Waals surface area contributed by atoms with E-state index in [2.05, 4.69) is 22.8 Å². The minimum absolute atomic E-state index is 0.0514. The number of benzene rings is 3. The Balaban J connectivity index is 1.37. The first kappa shape index (κ1) is 23.7. The molecule has 4 N–H and O–H groups in total. The summed E-state index contributed by atoms with van der Waals surface area (Å²) < 4.78 is 6.14. The number of carboxylic acids is 1. The normalized spacial score (nSPS) is 12.9. The summed E-state index contributed by atoms with van der Waals surface area (Å²) in [6.07, 6.45) is -2.29. The molecule has 0 unspecified atom stereocenters. The van der Waals surface area contributed by atoms with E-state index in [1.54, 1.807) is 12.1 Å². The van der Waals surface area contributed by atoms with Crippen LogP contribution in [0.25, 0.3) is 11.1 Å². The quantitative estimate of drug-likeness (QED) is 0.319. The van der Waals surface area contributed by atoms with Gasteiger partial charge in [0.05, 0.1) is 12.2 Å². The van der Waals surface area contributed by atoms with Crippen molar-refractivity contribution in [3.63, 3.8) is 0 Å². The molecule has 1 atom stereocenters. The van der Waals surface area contributed by atoms with E-state index in [9.17, 15) is 19.5 Å². The Hall–Kier alpha value is -3.44. The number of hydrogen-bond acceptors (Lipinski definition) is 5. The first-order valence-corrected chi connectivity index (χ1v) is 11.5. The van der Waals surface area contributed by atoms with Crippen LogP contribution in [0.4, 0.5) is 10.5 Å². The number of rotatable bonds is 7. The van der Waals surface area contributed by atoms with Crippen LogP contribution in [-0.2, 0) is 9.53 Å². The maximum atomic E-state index is 12.5. The molecule has 9 heteroatoms. The molecule has 34 heavy (non-hydrogen) atoms. The first-order chi connectivity index (χ1) is 16.3. The predicted molar refractivity (Wildman–Crippen MR) is 134 cm³/mol. The van der Waals surface area contributed by atoms with Gasteiger partial charge in [0.25, 0.3) is 5.91 Å². The van der Waals surface area contributed by atoms with Crippen molar-refractivity contribution in [2.75, 3.05) is 18.5 Å². The molecule has 0 saturated carbocycles. The van der Waals surface area contributed by atoms with Gasteiger partial charge < -0.3 is 20.3 Å². The summed E-state index contributed by atoms with van der Waals surface area (Å²) in [6, 6.07) is 20.7. The summed E-state index contributed by atoms with van der Waals surface area (Å²) in [7, 11) is 0. The molecule has 3 aromatic rings. The predicted octanol–water partition coefficient (Wildman–Crippen LogP) is 3.83. The highest BCUT2D eigenvalue weighted by atomic mass is 127. The number of amides is 2. The van der Waals surface area contributed by atoms with Gasteiger partial charge in [-0.1, -0.05) is 48.5 Å². The third-order valence-corrected chi connectivity index (χ3v) is 6.45. The van der Waals surface area contributed by atoms with Crippen molar-refractivity contribution in [3.8, 4) is 11.1 Å². The van der Waals surface area contributed by atoms with E-state index < -0.39 is 30.6 Å². The summed E-state index contributed by atoms with van der Waals surface area (Å²) in [4.78, 5) is 35.3. The van der Waals surface area contributed by atoms with Crippen molar-refractivity contribution in [2.24, 2.45) is 0 Å². The Kier molecular flexibility index (Phi) is 7.13. The number of fused-ring (bicyclic) bond motifs is 3. The maximum Gasteiger partial charge on any atom is 0.411 e. The van der Waals surface area contributed by atoms with Crippen molar-refractivity contribution in [3.05, 3.63) is 87.0 Å². The second kappa shape index (κ2) is 10.2. The summed E-state index contributed by atoms with van der Waals surface area (Å²) in [5, 5.41) is 23.0. The van der Waals surface area contributed by atoms with Crippen LogP contribution >= 0.6 is 22.6 Å². The Bertz CT molecular complexity index is 1220. The molecule has 0 saturated heterocycles. The molecule has 3 aromatic carbocycles. The van der Waals surface area contributed by atoms with Gasteiger partial charge in [0.15, 0.2) is 6.10 Å². The molecule has 0 bridgehead atoms. The van der Waals surface area contributed by atoms with Crippen LogP contribution in [0.5, 0.6) is 0 Å². The molecule has 0 heterocycles. The molecule has 1 aliphatic carbocycles. The van der Waals surface area contributed by atoms with Crippen LogP contribution in [0.1, 0.15) is 27.4 Å². The Morgan fingerprint density at radius 2 is 1.59 bits per heavy atom. The number of halogens is 1. The third kappa shape index (κ3) is 5.05. The van der Waals surface area contributed by atoms with E-state index in [0.29, 0.717) is 9.26 Å². The summed E-state index contributed by atoms with van der Waals surface area (Å²) in [6.45, 7) is -0.229. The molecule has 8 nitrogen and oxygen atoms in total. The van der Waals surface area contributed by atoms with E-state index in [0.717, 1.165) is 22.3 Å². The van der Waals surface area contributed by atoms with E-state index >= 15 is 0 Å². The lowest BCUT2D eigenvalue weighted by Gasteiger charge is -2.15. The number of hydrogen-bond donors (Lipinski definition) is 4. The highest BCUT2D eigenvalue weighted by Crippen LogP contribution is 2.44. The number of aliphatic carboxylic acids is 1. The lowest BCUT2D eigenvalue weighted by atomic mass is 9.98. The van der Waals surface area contributed by atoms with Crippen molar-refractivity contribution in [2.45, 2.75) is 12.0 Å². The molecule has 0 radical (unpaired) electrons. The summed E-state index contributed by atoms with van der Waals surface area (Å²) in [5.74, 6) is -2.01. The second-order valence-electron chi connectivity index (χ2n) is 7.71. The van der Waals surface area contributed by atoms with Gasteiger partial charge in [0, 0.05) is 15.1 Å². The number of aliphatic hydroxyl groups is 1. The van der Waals surface area contributed by atoms with Crippen LogP contribution in [0, 0.1) is 3.57 Å². The lowest BCUT2D eigenvalue weighted by Crippen LogP contribution is -2.36. The van der Waals surface area contributed by atoms with Crippen molar-refractivity contribution in [1.29, 1.82) is 0 Å². The van der Waals surface area contributed by atoms with E-state index in [1.807, 2.05) is 59.0 Å². The minimum atomic E-state index is -1.68. The van der Waals surface area contributed by atoms with Gasteiger partial charge in [0.1, 0.15) is 6.61 Å². The van der Waals surface area contributed by atoms with Gasteiger partial charge in [-0.25, -0.2) is 9.59 Å². The molecule has 4 rings (SSSR count). The van der Waals surface area contributed by atoms with Crippen molar-refractivity contribution in [1.82, 2.24) is 5.32 Å². The van der Waals surface area contributed by atoms with Gasteiger partial charge >= 0.3 is 12.1 Å². The molecule has 2 amide bonds. The van der Waals surface area contributed by atoms with Gasteiger partial charge in [-0.05, 0) is 63.0 Å². The highest BCUT2D eigenvalue weighted by Gasteiger charge is 2.29. The van der Waals surface area contributed by atoms with Crippen molar-refractivity contribution < 1.29 is 29.3 Å². The van der Waals surface area contributed by atoms with E-state index in [-0.39, 0.29) is 18.1 Å². The number of nitrogens with one attached hydrogen (secondary N) is 2. The number of aliphatic hydroxyl groups excluding tert-OH is 1. The highest BCUT2D eigenvalue weighted by molar-refractivity contribution is 14.1. The van der Waals surface area contributed by atoms with Crippen LogP contribution in [0.3, 0.4) is 0 Å². The Labute approximate surface area is 209 Å². The molecule has 1 aliphatic rings. The maximum absolute atomic E-state index is 12.5. The summed E-state index contributed by atoms with van der Waals surface area (Å²) in [5.41, 5.74) is 5.27. The second-order valence-corrected chi connectivity index (χ2v) is 8.87. The smallest absolute Gasteiger partial charge is 0.411 e. The fourth-order valence-corrected chi connectivity index (χ4v) is 4.53. The largest absolute Gasteiger partial charge is 0.479 e. The lowest BCUT2D eigenvalue weighted by molar-refractivity contribution is -0.146. The van der Waals surface area contributed by atoms with Crippen LogP contribution in [0.15, 0.2) is 66.7 Å². The van der Waals surface area contributed by atoms with Crippen LogP contribution < -0.4 is 10.6 Å². The molecule has 0 fully saturated rings. The molecule has 0 aromatic heterocycles. The van der Waals surface area contributed by atoms with Crippen LogP contribution in [-0.4, -0.2) is 47.4 Å². The zero-order valence-corrected chi connectivity index (χ0v) is 20.0. The molecule has 174 valence electrons. The van der Waals surface area contributed by atoms with E-state index in [1.165, 1.54) is 6.07 Å². The molecular formula is C25H21IN2O6. The zero-order valence-electron chi connectivity index (χ0n) is 17.8. The van der Waals surface area contributed by atoms with Crippen LogP contribution in [0.2, 0.25) is 0 Å². The summed E-state index contributed by atoms with van der Waals surface area (Å²) >= 11 is 1.98. The van der Waals surface area contributed by atoms with Gasteiger partial charge in [-0.2, -0.15) is 0 Å². The van der Waals surface area contributed by atoms with Gasteiger partial charge in [-0.15, -0.1) is 0 Å². The fraction of sp³-hybridized carbons (Fsp3) is 0.160. The van der Waals surface area contributed by atoms with Crippen molar-refractivity contribution >= 4 is 46.2 Å². The average Bonchev–Trinajstić information content (AvgIpc) is 3.16. The molecular weight excluding hydrogens is 551 g/mol. The number of carbonyl (C=O) groups excluding carboxylic acids is 2. The number of ether oxygens (including phenoxy) is 1. The first-order valence-electron chi connectivity index (χ1n) is 10.5. The van der Waals surface area contributed by atoms with Gasteiger partial charge in [0.2, 0.25) is 0 Å². The number of carboxylic acid groups (broad SMARTS) is 1. The standard InChI is InChI=1S/C25H21IN2O6/c26-20-11-14(23(30)27-12-22(29)24(31)32)9-10-21(20)28-25(33)34-13-19-17-7-3-1-5-15(17)16-6-2-4-8-18(16)19/h1-11,19,22,29H,12-13H2,(H,27,30)(H,28,33)(H,31,32)/t22-/m0/s1. The molecule has 0 spiro atoms. The number of anilines is 1. The SMILES string of the molecule is O=C(Nc1ccc(C(=O)NC[C@H](O)C(=O)O)cc1I)OCC1c2ccccc2-c2ccccc21. The Morgan fingerprint density at radius 1 is 0.971 bits per heavy atom. The zero-order chi connectivity index (χ0) is 24.2. The minimum Gasteiger partial charge on any atom is -0.479 e. The topological polar surface area (TPSA) is 125 Å². The molecule has 0 aliphatic heterocycles. The number of carbonyl (C=O) groups is 3. The Morgan fingerprint density at radius 3 is 2.18 bits per heavy atom. The fourth-order valence-electron chi connectivity index (χ4n) is 3.88. The third-order valence-electron chi connectivity index (χ3n) is 5.55. The monoisotopic (exact) mass is 572 g/mol.